The largest absolute Gasteiger partial charge is 0.375 e. The van der Waals surface area contributed by atoms with E-state index in [0.29, 0.717) is 0 Å². The molecule has 3 aromatic rings. The summed E-state index contributed by atoms with van der Waals surface area (Å²) in [6.07, 6.45) is 0. The first-order chi connectivity index (χ1) is 10.5. The number of nitrogens with zero attached hydrogens (tertiary/aromatic N) is 1. The summed E-state index contributed by atoms with van der Waals surface area (Å²) in [5.74, 6) is 0. The molecule has 1 N–H and O–H groups in total. The fraction of sp³-hybridized carbons (Fsp3) is 0.211. The molecule has 1 heterocycles. The number of nitrogens with one attached hydrogen (secondary N) is 1. The van der Waals surface area contributed by atoms with Gasteiger partial charge in [-0.25, -0.2) is 0 Å². The Morgan fingerprint density at radius 2 is 1.50 bits per heavy atom. The Kier molecular flexibility index (Phi) is 3.49. The fourth-order valence-electron chi connectivity index (χ4n) is 2.82. The summed E-state index contributed by atoms with van der Waals surface area (Å²) < 4.78 is 0. The third-order valence-electron chi connectivity index (χ3n) is 3.94. The molecular formula is C19H20N2O. The first kappa shape index (κ1) is 14.4. The van der Waals surface area contributed by atoms with Crippen molar-refractivity contribution in [3.05, 3.63) is 63.9 Å². The highest BCUT2D eigenvalue weighted by Gasteiger charge is 2.14. The van der Waals surface area contributed by atoms with Crippen LogP contribution in [0.4, 0.5) is 5.69 Å². The van der Waals surface area contributed by atoms with E-state index < -0.39 is 0 Å². The van der Waals surface area contributed by atoms with Gasteiger partial charge in [0.1, 0.15) is 0 Å². The Labute approximate surface area is 130 Å². The molecule has 0 aliphatic heterocycles. The summed E-state index contributed by atoms with van der Waals surface area (Å²) in [5, 5.41) is 1.72. The summed E-state index contributed by atoms with van der Waals surface area (Å²) in [4.78, 5) is 17.6. The van der Waals surface area contributed by atoms with Crippen LogP contribution in [0.15, 0.2) is 47.3 Å². The van der Waals surface area contributed by atoms with Gasteiger partial charge in [-0.1, -0.05) is 47.5 Å². The number of aryl methyl sites for hydroxylation is 2. The van der Waals surface area contributed by atoms with Crippen LogP contribution < -0.4 is 10.5 Å². The number of anilines is 1. The molecule has 3 nitrogen and oxygen atoms in total. The number of benzene rings is 2. The zero-order chi connectivity index (χ0) is 15.9. The molecule has 0 unspecified atom stereocenters. The highest BCUT2D eigenvalue weighted by Crippen LogP contribution is 2.33. The number of hydrogen-bond acceptors (Lipinski definition) is 2. The van der Waals surface area contributed by atoms with Crippen molar-refractivity contribution in [2.24, 2.45) is 0 Å². The number of hydrogen-bond donors (Lipinski definition) is 1. The minimum atomic E-state index is -0.0418. The molecule has 0 fully saturated rings. The standard InChI is InChI=1S/C19H20N2O/c1-12-5-8-14(9-6-12)17-18(21(3)4)15-10-7-13(2)11-16(15)19(22)20-17/h5-11H,1-4H3,(H,20,22). The summed E-state index contributed by atoms with van der Waals surface area (Å²) in [6.45, 7) is 4.06. The van der Waals surface area contributed by atoms with E-state index in [2.05, 4.69) is 28.9 Å². The number of fused-ring (bicyclic) bond motifs is 1. The van der Waals surface area contributed by atoms with Gasteiger partial charge < -0.3 is 9.88 Å². The van der Waals surface area contributed by atoms with E-state index in [-0.39, 0.29) is 5.56 Å². The zero-order valence-corrected chi connectivity index (χ0v) is 13.4. The minimum absolute atomic E-state index is 0.0418. The molecule has 1 aromatic heterocycles. The average Bonchev–Trinajstić information content (AvgIpc) is 2.48. The third-order valence-corrected chi connectivity index (χ3v) is 3.94. The van der Waals surface area contributed by atoms with Crippen LogP contribution in [0.5, 0.6) is 0 Å². The molecule has 0 bridgehead atoms. The molecule has 22 heavy (non-hydrogen) atoms. The maximum atomic E-state index is 12.5. The number of H-pyrrole nitrogens is 1. The van der Waals surface area contributed by atoms with E-state index in [1.165, 1.54) is 5.56 Å². The van der Waals surface area contributed by atoms with E-state index in [1.807, 2.05) is 51.4 Å². The molecule has 0 atom stereocenters. The van der Waals surface area contributed by atoms with Crippen molar-refractivity contribution in [3.8, 4) is 11.3 Å². The van der Waals surface area contributed by atoms with Crippen LogP contribution >= 0.6 is 0 Å². The number of aromatic amines is 1. The first-order valence-corrected chi connectivity index (χ1v) is 7.38. The van der Waals surface area contributed by atoms with Crippen molar-refractivity contribution in [2.45, 2.75) is 13.8 Å². The second kappa shape index (κ2) is 5.34. The van der Waals surface area contributed by atoms with E-state index in [4.69, 9.17) is 0 Å². The third kappa shape index (κ3) is 2.39. The number of aromatic nitrogens is 1. The molecule has 0 saturated carbocycles. The van der Waals surface area contributed by atoms with Crippen LogP contribution in [0, 0.1) is 13.8 Å². The molecule has 2 aromatic carbocycles. The lowest BCUT2D eigenvalue weighted by Gasteiger charge is -2.20. The van der Waals surface area contributed by atoms with Gasteiger partial charge in [0.2, 0.25) is 0 Å². The Balaban J connectivity index is 2.39. The van der Waals surface area contributed by atoms with Gasteiger partial charge in [0.15, 0.2) is 0 Å². The smallest absolute Gasteiger partial charge is 0.256 e. The van der Waals surface area contributed by atoms with Crippen LogP contribution in [-0.4, -0.2) is 19.1 Å². The Hall–Kier alpha value is -2.55. The van der Waals surface area contributed by atoms with Crippen LogP contribution in [0.3, 0.4) is 0 Å². The quantitative estimate of drug-likeness (QED) is 0.778. The maximum Gasteiger partial charge on any atom is 0.256 e. The summed E-state index contributed by atoms with van der Waals surface area (Å²) >= 11 is 0. The zero-order valence-electron chi connectivity index (χ0n) is 13.4. The lowest BCUT2D eigenvalue weighted by atomic mass is 10.0. The lowest BCUT2D eigenvalue weighted by Crippen LogP contribution is -2.17. The number of pyridine rings is 1. The molecular weight excluding hydrogens is 272 g/mol. The molecule has 0 aliphatic rings. The van der Waals surface area contributed by atoms with Gasteiger partial charge in [0.05, 0.1) is 11.4 Å². The molecule has 112 valence electrons. The fourth-order valence-corrected chi connectivity index (χ4v) is 2.82. The van der Waals surface area contributed by atoms with Gasteiger partial charge in [-0.3, -0.25) is 4.79 Å². The van der Waals surface area contributed by atoms with E-state index in [9.17, 15) is 4.79 Å². The van der Waals surface area contributed by atoms with Gasteiger partial charge in [-0.2, -0.15) is 0 Å². The molecule has 3 rings (SSSR count). The summed E-state index contributed by atoms with van der Waals surface area (Å²) in [5.41, 5.74) is 5.18. The maximum absolute atomic E-state index is 12.5. The lowest BCUT2D eigenvalue weighted by molar-refractivity contribution is 1.12. The van der Waals surface area contributed by atoms with Crippen molar-refractivity contribution >= 4 is 16.5 Å². The van der Waals surface area contributed by atoms with Gasteiger partial charge in [0, 0.05) is 30.4 Å². The van der Waals surface area contributed by atoms with Crippen molar-refractivity contribution in [1.29, 1.82) is 0 Å². The Morgan fingerprint density at radius 3 is 2.14 bits per heavy atom. The van der Waals surface area contributed by atoms with Crippen LogP contribution in [0.2, 0.25) is 0 Å². The predicted octanol–water partition coefficient (Wildman–Crippen LogP) is 3.88. The van der Waals surface area contributed by atoms with Gasteiger partial charge >= 0.3 is 0 Å². The summed E-state index contributed by atoms with van der Waals surface area (Å²) in [7, 11) is 4.01. The molecule has 3 heteroatoms. The van der Waals surface area contributed by atoms with Crippen LogP contribution in [-0.2, 0) is 0 Å². The highest BCUT2D eigenvalue weighted by atomic mass is 16.1. The van der Waals surface area contributed by atoms with Crippen LogP contribution in [0.25, 0.3) is 22.0 Å². The van der Waals surface area contributed by atoms with Crippen LogP contribution in [0.1, 0.15) is 11.1 Å². The van der Waals surface area contributed by atoms with Crippen molar-refractivity contribution in [2.75, 3.05) is 19.0 Å². The summed E-state index contributed by atoms with van der Waals surface area (Å²) in [6, 6.07) is 14.3. The van der Waals surface area contributed by atoms with Crippen molar-refractivity contribution in [3.63, 3.8) is 0 Å². The molecule has 0 saturated heterocycles. The van der Waals surface area contributed by atoms with E-state index in [0.717, 1.165) is 33.3 Å². The average molecular weight is 292 g/mol. The predicted molar refractivity (Wildman–Crippen MR) is 93.8 cm³/mol. The van der Waals surface area contributed by atoms with Crippen molar-refractivity contribution in [1.82, 2.24) is 4.98 Å². The SMILES string of the molecule is Cc1ccc(-c2[nH]c(=O)c3cc(C)ccc3c2N(C)C)cc1. The molecule has 0 radical (unpaired) electrons. The van der Waals surface area contributed by atoms with Crippen molar-refractivity contribution < 1.29 is 0 Å². The molecule has 0 spiro atoms. The first-order valence-electron chi connectivity index (χ1n) is 7.38. The number of rotatable bonds is 2. The van der Waals surface area contributed by atoms with Gasteiger partial charge in [-0.05, 0) is 19.9 Å². The normalized spacial score (nSPS) is 10.9. The topological polar surface area (TPSA) is 36.1 Å². The highest BCUT2D eigenvalue weighted by molar-refractivity contribution is 6.00. The molecule has 0 aliphatic carbocycles. The van der Waals surface area contributed by atoms with Gasteiger partial charge in [0.25, 0.3) is 5.56 Å². The second-order valence-corrected chi connectivity index (χ2v) is 5.99. The van der Waals surface area contributed by atoms with E-state index >= 15 is 0 Å². The second-order valence-electron chi connectivity index (χ2n) is 5.99. The minimum Gasteiger partial charge on any atom is -0.375 e. The van der Waals surface area contributed by atoms with E-state index in [1.54, 1.807) is 0 Å². The van der Waals surface area contributed by atoms with Gasteiger partial charge in [-0.15, -0.1) is 0 Å². The molecule has 0 amide bonds. The Bertz CT molecular complexity index is 890. The monoisotopic (exact) mass is 292 g/mol. The Morgan fingerprint density at radius 1 is 0.864 bits per heavy atom.